The Hall–Kier alpha value is -3.67. The van der Waals surface area contributed by atoms with E-state index >= 15 is 0 Å². The number of benzene rings is 1. The van der Waals surface area contributed by atoms with E-state index in [1.165, 1.54) is 15.7 Å². The zero-order chi connectivity index (χ0) is 25.3. The number of halogens is 3. The van der Waals surface area contributed by atoms with Gasteiger partial charge in [0.15, 0.2) is 0 Å². The quantitative estimate of drug-likeness (QED) is 0.490. The normalized spacial score (nSPS) is 17.9. The van der Waals surface area contributed by atoms with Crippen LogP contribution in [0.2, 0.25) is 0 Å². The van der Waals surface area contributed by atoms with Crippen molar-refractivity contribution in [1.82, 2.24) is 19.4 Å². The van der Waals surface area contributed by atoms with Crippen LogP contribution in [-0.2, 0) is 11.3 Å². The molecule has 3 N–H and O–H groups in total. The van der Waals surface area contributed by atoms with Gasteiger partial charge in [0.05, 0.1) is 17.8 Å². The summed E-state index contributed by atoms with van der Waals surface area (Å²) in [5.41, 5.74) is -0.163. The number of rotatable bonds is 6. The summed E-state index contributed by atoms with van der Waals surface area (Å²) in [6.45, 7) is -0.216. The molecule has 0 atom stereocenters. The number of aromatic nitrogens is 3. The number of hydrogen-bond donors (Lipinski definition) is 3. The summed E-state index contributed by atoms with van der Waals surface area (Å²) >= 11 is 0. The lowest BCUT2D eigenvalue weighted by Crippen LogP contribution is -2.28. The highest BCUT2D eigenvalue weighted by molar-refractivity contribution is 6.04. The predicted molar refractivity (Wildman–Crippen MR) is 122 cm³/mol. The third kappa shape index (κ3) is 5.37. The lowest BCUT2D eigenvalue weighted by molar-refractivity contribution is -0.129. The molecule has 1 aliphatic carbocycles. The summed E-state index contributed by atoms with van der Waals surface area (Å²) < 4.78 is 42.9. The molecule has 186 valence electrons. The molecule has 0 unspecified atom stereocenters. The number of nitrogens with zero attached hydrogens (tertiary/aromatic N) is 4. The van der Waals surface area contributed by atoms with Crippen LogP contribution in [0.3, 0.4) is 0 Å². The number of aliphatic hydroxyl groups is 1. The molecule has 0 aliphatic heterocycles. The van der Waals surface area contributed by atoms with Crippen molar-refractivity contribution in [3.63, 3.8) is 0 Å². The topological polar surface area (TPSA) is 112 Å². The molecule has 0 bridgehead atoms. The molecule has 0 spiro atoms. The van der Waals surface area contributed by atoms with Crippen molar-refractivity contribution >= 4 is 34.6 Å². The van der Waals surface area contributed by atoms with Gasteiger partial charge in [-0.1, -0.05) is 0 Å². The number of amides is 2. The summed E-state index contributed by atoms with van der Waals surface area (Å²) in [4.78, 5) is 35.1. The lowest BCUT2D eigenvalue weighted by atomic mass is 9.93. The Balaban J connectivity index is 1.68. The molecule has 2 amide bonds. The third-order valence-electron chi connectivity index (χ3n) is 5.93. The van der Waals surface area contributed by atoms with Crippen LogP contribution in [0.5, 0.6) is 0 Å². The molecule has 0 radical (unpaired) electrons. The highest BCUT2D eigenvalue weighted by atomic mass is 19.1. The molecule has 1 aromatic carbocycles. The number of aliphatic hydroxyl groups excluding tert-OH is 1. The number of likely N-dealkylation sites (N-methyl/N-ethyl adjacent to an activating group) is 1. The van der Waals surface area contributed by atoms with Gasteiger partial charge in [0.1, 0.15) is 40.9 Å². The largest absolute Gasteiger partial charge is 0.393 e. The van der Waals surface area contributed by atoms with E-state index in [9.17, 15) is 27.9 Å². The van der Waals surface area contributed by atoms with Gasteiger partial charge >= 0.3 is 0 Å². The molecule has 0 saturated heterocycles. The average molecular weight is 490 g/mol. The standard InChI is InChI=1S/C23H25F3N6O3/c1-31(2)20(34)11-32-18-9-19(28-13-3-5-14(33)6-4-13)27-10-17(18)29-23(32)30-22(35)21-15(25)7-12(24)8-16(21)26/h7-10,13-14,33H,3-6,11H2,1-2H3,(H,27,28)(H,29,30,35). The van der Waals surface area contributed by atoms with Crippen LogP contribution in [-0.4, -0.2) is 62.6 Å². The first kappa shape index (κ1) is 24.5. The van der Waals surface area contributed by atoms with E-state index in [0.29, 0.717) is 41.8 Å². The van der Waals surface area contributed by atoms with Gasteiger partial charge in [-0.25, -0.2) is 23.1 Å². The van der Waals surface area contributed by atoms with Crippen LogP contribution in [0.1, 0.15) is 36.0 Å². The first-order valence-electron chi connectivity index (χ1n) is 11.1. The van der Waals surface area contributed by atoms with Crippen LogP contribution in [0, 0.1) is 17.5 Å². The SMILES string of the molecule is CN(C)C(=O)Cn1c(NC(=O)c2c(F)cc(F)cc2F)nc2cnc(NC3CCC(O)CC3)cc21. The second-order valence-corrected chi connectivity index (χ2v) is 8.72. The maximum absolute atomic E-state index is 14.1. The fraction of sp³-hybridized carbons (Fsp3) is 0.391. The fourth-order valence-electron chi connectivity index (χ4n) is 3.99. The van der Waals surface area contributed by atoms with Gasteiger partial charge in [-0.15, -0.1) is 0 Å². The summed E-state index contributed by atoms with van der Waals surface area (Å²) in [6, 6.07) is 2.60. The van der Waals surface area contributed by atoms with Crippen molar-refractivity contribution in [3.8, 4) is 0 Å². The van der Waals surface area contributed by atoms with E-state index in [-0.39, 0.29) is 30.5 Å². The number of imidazole rings is 1. The number of carbonyl (C=O) groups is 2. The minimum atomic E-state index is -1.36. The summed E-state index contributed by atoms with van der Waals surface area (Å²) in [6.07, 6.45) is 4.07. The van der Waals surface area contributed by atoms with Crippen LogP contribution < -0.4 is 10.6 Å². The molecule has 1 saturated carbocycles. The van der Waals surface area contributed by atoms with Crippen LogP contribution in [0.25, 0.3) is 11.0 Å². The molecule has 3 aromatic rings. The number of nitrogens with one attached hydrogen (secondary N) is 2. The highest BCUT2D eigenvalue weighted by Gasteiger charge is 2.24. The molecular weight excluding hydrogens is 465 g/mol. The van der Waals surface area contributed by atoms with Gasteiger partial charge in [-0.05, 0) is 25.7 Å². The van der Waals surface area contributed by atoms with E-state index in [2.05, 4.69) is 20.6 Å². The minimum absolute atomic E-state index is 0.117. The van der Waals surface area contributed by atoms with Gasteiger partial charge in [0.2, 0.25) is 11.9 Å². The molecule has 2 heterocycles. The second-order valence-electron chi connectivity index (χ2n) is 8.72. The Kier molecular flexibility index (Phi) is 6.92. The third-order valence-corrected chi connectivity index (χ3v) is 5.93. The van der Waals surface area contributed by atoms with Crippen LogP contribution >= 0.6 is 0 Å². The van der Waals surface area contributed by atoms with Crippen molar-refractivity contribution < 1.29 is 27.9 Å². The molecule has 1 fully saturated rings. The first-order valence-corrected chi connectivity index (χ1v) is 11.1. The minimum Gasteiger partial charge on any atom is -0.393 e. The molecule has 1 aliphatic rings. The summed E-state index contributed by atoms with van der Waals surface area (Å²) in [5, 5.41) is 15.4. The van der Waals surface area contributed by atoms with E-state index in [1.807, 2.05) is 0 Å². The van der Waals surface area contributed by atoms with E-state index < -0.39 is 28.9 Å². The predicted octanol–water partition coefficient (Wildman–Crippen LogP) is 2.90. The van der Waals surface area contributed by atoms with Crippen LogP contribution in [0.4, 0.5) is 24.9 Å². The monoisotopic (exact) mass is 490 g/mol. The summed E-state index contributed by atoms with van der Waals surface area (Å²) in [7, 11) is 3.13. The van der Waals surface area contributed by atoms with Crippen molar-refractivity contribution in [1.29, 1.82) is 0 Å². The van der Waals surface area contributed by atoms with E-state index in [1.54, 1.807) is 20.2 Å². The molecule has 2 aromatic heterocycles. The Morgan fingerprint density at radius 2 is 1.77 bits per heavy atom. The summed E-state index contributed by atoms with van der Waals surface area (Å²) in [5.74, 6) is -4.98. The van der Waals surface area contributed by atoms with Crippen molar-refractivity contribution in [2.24, 2.45) is 0 Å². The number of fused-ring (bicyclic) bond motifs is 1. The molecule has 35 heavy (non-hydrogen) atoms. The van der Waals surface area contributed by atoms with E-state index in [4.69, 9.17) is 0 Å². The number of pyridine rings is 1. The molecular formula is C23H25F3N6O3. The number of anilines is 2. The number of carbonyl (C=O) groups excluding carboxylic acids is 2. The van der Waals surface area contributed by atoms with Crippen molar-refractivity contribution in [2.45, 2.75) is 44.4 Å². The van der Waals surface area contributed by atoms with Gasteiger partial charge < -0.3 is 19.9 Å². The number of hydrogen-bond acceptors (Lipinski definition) is 6. The Morgan fingerprint density at radius 3 is 2.40 bits per heavy atom. The smallest absolute Gasteiger partial charge is 0.263 e. The van der Waals surface area contributed by atoms with Gasteiger partial charge in [-0.2, -0.15) is 0 Å². The van der Waals surface area contributed by atoms with Gasteiger partial charge in [-0.3, -0.25) is 14.9 Å². The molecule has 4 rings (SSSR count). The van der Waals surface area contributed by atoms with Gasteiger partial charge in [0.25, 0.3) is 5.91 Å². The maximum Gasteiger partial charge on any atom is 0.263 e. The first-order chi connectivity index (χ1) is 16.6. The Morgan fingerprint density at radius 1 is 1.11 bits per heavy atom. The average Bonchev–Trinajstić information content (AvgIpc) is 3.10. The highest BCUT2D eigenvalue weighted by Crippen LogP contribution is 2.26. The fourth-order valence-corrected chi connectivity index (χ4v) is 3.99. The van der Waals surface area contributed by atoms with Crippen molar-refractivity contribution in [2.75, 3.05) is 24.7 Å². The van der Waals surface area contributed by atoms with Gasteiger partial charge in [0, 0.05) is 38.3 Å². The molecule has 9 nitrogen and oxygen atoms in total. The van der Waals surface area contributed by atoms with Crippen LogP contribution in [0.15, 0.2) is 24.4 Å². The second kappa shape index (κ2) is 9.90. The molecule has 12 heteroatoms. The zero-order valence-corrected chi connectivity index (χ0v) is 19.2. The lowest BCUT2D eigenvalue weighted by Gasteiger charge is -2.26. The maximum atomic E-state index is 14.1. The zero-order valence-electron chi connectivity index (χ0n) is 19.2. The van der Waals surface area contributed by atoms with Crippen molar-refractivity contribution in [3.05, 3.63) is 47.4 Å². The Bertz CT molecular complexity index is 1250. The Labute approximate surface area is 199 Å². The van der Waals surface area contributed by atoms with E-state index in [0.717, 1.165) is 12.8 Å².